The summed E-state index contributed by atoms with van der Waals surface area (Å²) < 4.78 is 0. The number of nitrogens with zero attached hydrogens (tertiary/aromatic N) is 1. The average Bonchev–Trinajstić information content (AvgIpc) is 3.59. The molecule has 10 heteroatoms. The van der Waals surface area contributed by atoms with E-state index < -0.39 is 11.9 Å². The van der Waals surface area contributed by atoms with E-state index in [1.54, 1.807) is 0 Å². The second-order valence-corrected chi connectivity index (χ2v) is 11.0. The molecule has 0 saturated carbocycles. The van der Waals surface area contributed by atoms with Gasteiger partial charge in [0.25, 0.3) is 5.91 Å². The van der Waals surface area contributed by atoms with E-state index in [1.165, 1.54) is 0 Å². The second-order valence-electron chi connectivity index (χ2n) is 11.0. The Morgan fingerprint density at radius 1 is 0.884 bits per heavy atom. The number of aliphatic imine (C=N–C) groups is 1. The van der Waals surface area contributed by atoms with Gasteiger partial charge < -0.3 is 25.5 Å². The lowest BCUT2D eigenvalue weighted by molar-refractivity contribution is -0.138. The quantitative estimate of drug-likeness (QED) is 0.268. The predicted octanol–water partition coefficient (Wildman–Crippen LogP) is 3.36. The highest BCUT2D eigenvalue weighted by atomic mass is 16.4. The van der Waals surface area contributed by atoms with Crippen LogP contribution in [-0.2, 0) is 32.0 Å². The van der Waals surface area contributed by atoms with Crippen molar-refractivity contribution in [2.24, 2.45) is 10.9 Å². The molecule has 4 rings (SSSR count). The maximum absolute atomic E-state index is 12.3. The van der Waals surface area contributed by atoms with E-state index in [4.69, 9.17) is 0 Å². The Hall–Kier alpha value is -4.73. The highest BCUT2D eigenvalue weighted by Crippen LogP contribution is 2.29. The summed E-state index contributed by atoms with van der Waals surface area (Å²) >= 11 is 0. The molecule has 0 aromatic carbocycles. The third kappa shape index (κ3) is 6.38. The van der Waals surface area contributed by atoms with Crippen LogP contribution < -0.4 is 16.0 Å². The number of hydrogen-bond acceptors (Lipinski definition) is 4. The molecule has 2 aromatic heterocycles. The van der Waals surface area contributed by atoms with Crippen molar-refractivity contribution in [3.63, 3.8) is 0 Å². The number of carbonyl (C=O) groups excluding carboxylic acids is 2. The lowest BCUT2D eigenvalue weighted by Gasteiger charge is -2.03. The molecule has 2 aromatic rings. The minimum atomic E-state index is -0.923. The fourth-order valence-electron chi connectivity index (χ4n) is 5.77. The maximum atomic E-state index is 12.3. The summed E-state index contributed by atoms with van der Waals surface area (Å²) in [6.45, 7) is 11.3. The number of carboxylic acid groups (broad SMARTS) is 2. The van der Waals surface area contributed by atoms with Crippen LogP contribution in [0.3, 0.4) is 0 Å². The molecule has 10 nitrogen and oxygen atoms in total. The van der Waals surface area contributed by atoms with Crippen LogP contribution in [0.15, 0.2) is 33.5 Å². The van der Waals surface area contributed by atoms with Crippen molar-refractivity contribution in [1.82, 2.24) is 15.3 Å². The number of carbonyl (C=O) groups is 4. The molecule has 2 amide bonds. The largest absolute Gasteiger partial charge is 0.481 e. The maximum Gasteiger partial charge on any atom is 0.303 e. The summed E-state index contributed by atoms with van der Waals surface area (Å²) in [6.07, 6.45) is 8.45. The lowest BCUT2D eigenvalue weighted by Crippen LogP contribution is -2.16. The van der Waals surface area contributed by atoms with Gasteiger partial charge in [-0.1, -0.05) is 13.0 Å². The van der Waals surface area contributed by atoms with Crippen LogP contribution in [0.5, 0.6) is 0 Å². The van der Waals surface area contributed by atoms with Crippen LogP contribution in [-0.4, -0.2) is 49.6 Å². The van der Waals surface area contributed by atoms with Crippen LogP contribution in [0.1, 0.15) is 80.6 Å². The number of aromatic amines is 2. The number of aliphatic carboxylic acids is 2. The Bertz CT molecular complexity index is 1780. The van der Waals surface area contributed by atoms with Gasteiger partial charge in [-0.05, 0) is 106 Å². The molecule has 2 aliphatic rings. The monoisotopic (exact) mass is 587 g/mol. The van der Waals surface area contributed by atoms with Gasteiger partial charge in [0.05, 0.1) is 11.6 Å². The highest BCUT2D eigenvalue weighted by molar-refractivity contribution is 6.30. The van der Waals surface area contributed by atoms with E-state index in [0.717, 1.165) is 39.1 Å². The van der Waals surface area contributed by atoms with E-state index >= 15 is 0 Å². The van der Waals surface area contributed by atoms with Crippen LogP contribution in [0.2, 0.25) is 0 Å². The Morgan fingerprint density at radius 3 is 2.12 bits per heavy atom. The summed E-state index contributed by atoms with van der Waals surface area (Å²) in [5.74, 6) is -2.44. The normalized spacial score (nSPS) is 19.8. The van der Waals surface area contributed by atoms with Crippen molar-refractivity contribution < 1.29 is 29.4 Å². The number of amides is 2. The molecule has 4 heterocycles. The van der Waals surface area contributed by atoms with Gasteiger partial charge in [0, 0.05) is 46.2 Å². The fourth-order valence-corrected chi connectivity index (χ4v) is 5.77. The molecule has 0 bridgehead atoms. The molecule has 0 aliphatic carbocycles. The number of carboxylic acids is 2. The van der Waals surface area contributed by atoms with Crippen molar-refractivity contribution >= 4 is 47.7 Å². The molecule has 226 valence electrons. The minimum absolute atomic E-state index is 0.0721. The first-order chi connectivity index (χ1) is 20.4. The van der Waals surface area contributed by atoms with E-state index in [-0.39, 0.29) is 43.4 Å². The Kier molecular flexibility index (Phi) is 9.18. The smallest absolute Gasteiger partial charge is 0.303 e. The summed E-state index contributed by atoms with van der Waals surface area (Å²) in [6, 6.07) is 0. The summed E-state index contributed by atoms with van der Waals surface area (Å²) in [5, 5.41) is 23.2. The third-order valence-electron chi connectivity index (χ3n) is 8.35. The van der Waals surface area contributed by atoms with Gasteiger partial charge in [-0.2, -0.15) is 0 Å². The van der Waals surface area contributed by atoms with Crippen molar-refractivity contribution in [3.05, 3.63) is 72.8 Å². The van der Waals surface area contributed by atoms with Gasteiger partial charge in [-0.15, -0.1) is 0 Å². The molecule has 1 atom stereocenters. The number of H-pyrrole nitrogens is 2. The SMILES string of the molecule is C/C=C1/C(=C/c2[nH]c(/C=c3\[nH]/c(=[13CH]\C4=NC(=O)C(CC)=C4C)c(C)c3CCC(=O)O)c(CCC(=O)O)c2C)NC(=O)C1C. The molecule has 0 spiro atoms. The number of allylic oxidation sites excluding steroid dienone is 3. The minimum Gasteiger partial charge on any atom is -0.481 e. The van der Waals surface area contributed by atoms with Crippen LogP contribution in [0.25, 0.3) is 18.2 Å². The van der Waals surface area contributed by atoms with Crippen LogP contribution >= 0.6 is 0 Å². The van der Waals surface area contributed by atoms with Gasteiger partial charge in [0.1, 0.15) is 0 Å². The summed E-state index contributed by atoms with van der Waals surface area (Å²) in [5.41, 5.74) is 8.40. The Morgan fingerprint density at radius 2 is 1.53 bits per heavy atom. The third-order valence-corrected chi connectivity index (χ3v) is 8.35. The number of aromatic nitrogens is 2. The Labute approximate surface area is 249 Å². The molecule has 1 unspecified atom stereocenters. The molecule has 0 radical (unpaired) electrons. The zero-order valence-corrected chi connectivity index (χ0v) is 25.4. The van der Waals surface area contributed by atoms with Gasteiger partial charge in [0.15, 0.2) is 0 Å². The molecule has 1 saturated heterocycles. The molecular weight excluding hydrogens is 549 g/mol. The van der Waals surface area contributed by atoms with E-state index in [1.807, 2.05) is 65.8 Å². The summed E-state index contributed by atoms with van der Waals surface area (Å²) in [4.78, 5) is 58.8. The predicted molar refractivity (Wildman–Crippen MR) is 165 cm³/mol. The van der Waals surface area contributed by atoms with Crippen LogP contribution in [0.4, 0.5) is 0 Å². The van der Waals surface area contributed by atoms with Gasteiger partial charge in [-0.3, -0.25) is 19.2 Å². The van der Waals surface area contributed by atoms with Gasteiger partial charge >= 0.3 is 11.9 Å². The summed E-state index contributed by atoms with van der Waals surface area (Å²) in [7, 11) is 0. The molecule has 1 fully saturated rings. The van der Waals surface area contributed by atoms with Crippen molar-refractivity contribution in [2.75, 3.05) is 0 Å². The van der Waals surface area contributed by atoms with E-state index in [2.05, 4.69) is 20.3 Å². The second kappa shape index (κ2) is 12.6. The van der Waals surface area contributed by atoms with E-state index in [9.17, 15) is 29.4 Å². The molecule has 43 heavy (non-hydrogen) atoms. The van der Waals surface area contributed by atoms with Crippen molar-refractivity contribution in [3.8, 4) is 0 Å². The van der Waals surface area contributed by atoms with Gasteiger partial charge in [-0.25, -0.2) is 4.99 Å². The zero-order valence-electron chi connectivity index (χ0n) is 25.4. The fraction of sp³-hybridized carbons (Fsp3) is 0.364. The first-order valence-corrected chi connectivity index (χ1v) is 14.4. The lowest BCUT2D eigenvalue weighted by atomic mass is 10.0. The first-order valence-electron chi connectivity index (χ1n) is 14.4. The number of rotatable bonds is 10. The zero-order chi connectivity index (χ0) is 31.6. The average molecular weight is 588 g/mol. The molecule has 2 aliphatic heterocycles. The van der Waals surface area contributed by atoms with E-state index in [0.29, 0.717) is 39.8 Å². The highest BCUT2D eigenvalue weighted by Gasteiger charge is 2.29. The van der Waals surface area contributed by atoms with Crippen molar-refractivity contribution in [1.29, 1.82) is 0 Å². The number of hydrogen-bond donors (Lipinski definition) is 5. The van der Waals surface area contributed by atoms with Crippen LogP contribution in [0, 0.1) is 19.8 Å². The van der Waals surface area contributed by atoms with Gasteiger partial charge in [0.2, 0.25) is 5.91 Å². The molecule has 5 N–H and O–H groups in total. The number of nitrogens with one attached hydrogen (secondary N) is 3. The Balaban J connectivity index is 1.91. The first kappa shape index (κ1) is 31.2. The standard InChI is InChI=1S/C33H38N4O6/c1-7-20-19(6)32(42)37-27(20)14-25-18(5)23(10-12-31(40)41)29(35-25)15-28-22(9-11-30(38)39)17(4)24(34-28)13-26-16(3)21(8-2)33(43)36-26/h7,13-15,19,34-35H,8-12H2,1-6H3,(H,37,42)(H,38,39)(H,40,41)/b20-7+,24-13-,27-14-,28-15-/i13+1. The topological polar surface area (TPSA) is 165 Å². The van der Waals surface area contributed by atoms with Crippen molar-refractivity contribution in [2.45, 2.75) is 73.6 Å². The molecular formula is C33H38N4O6.